The first-order valence-corrected chi connectivity index (χ1v) is 10.2. The number of para-hydroxylation sites is 3. The van der Waals surface area contributed by atoms with Gasteiger partial charge in [0.25, 0.3) is 5.91 Å². The zero-order valence-electron chi connectivity index (χ0n) is 16.2. The molecule has 3 aromatic rings. The average Bonchev–Trinajstić information content (AvgIpc) is 3.57. The Morgan fingerprint density at radius 3 is 2.41 bits per heavy atom. The van der Waals surface area contributed by atoms with Crippen molar-refractivity contribution >= 4 is 28.3 Å². The van der Waals surface area contributed by atoms with Crippen molar-refractivity contribution in [3.8, 4) is 5.75 Å². The van der Waals surface area contributed by atoms with Crippen LogP contribution in [0.2, 0.25) is 0 Å². The zero-order valence-corrected chi connectivity index (χ0v) is 16.2. The fourth-order valence-corrected chi connectivity index (χ4v) is 3.91. The van der Waals surface area contributed by atoms with E-state index >= 15 is 0 Å². The molecule has 6 heteroatoms. The van der Waals surface area contributed by atoms with E-state index in [4.69, 9.17) is 4.98 Å². The number of nitrogens with zero attached hydrogens (tertiary/aromatic N) is 3. The number of hydrogen-bond acceptors (Lipinski definition) is 5. The van der Waals surface area contributed by atoms with Crippen LogP contribution < -0.4 is 15.1 Å². The maximum Gasteiger partial charge on any atom is 0.252 e. The molecular weight excluding hydrogens is 364 g/mol. The first-order valence-electron chi connectivity index (χ1n) is 10.2. The quantitative estimate of drug-likeness (QED) is 0.719. The molecule has 148 valence electrons. The topological polar surface area (TPSA) is 68.7 Å². The van der Waals surface area contributed by atoms with E-state index in [9.17, 15) is 9.90 Å². The van der Waals surface area contributed by atoms with Gasteiger partial charge in [-0.3, -0.25) is 4.79 Å². The second-order valence-corrected chi connectivity index (χ2v) is 7.76. The predicted octanol–water partition coefficient (Wildman–Crippen LogP) is 3.16. The van der Waals surface area contributed by atoms with Gasteiger partial charge in [0, 0.05) is 37.6 Å². The monoisotopic (exact) mass is 388 g/mol. The number of amides is 1. The molecule has 2 N–H and O–H groups in total. The van der Waals surface area contributed by atoms with Crippen LogP contribution in [0.3, 0.4) is 0 Å². The van der Waals surface area contributed by atoms with Crippen molar-refractivity contribution in [2.75, 3.05) is 36.0 Å². The van der Waals surface area contributed by atoms with Crippen molar-refractivity contribution < 1.29 is 9.90 Å². The van der Waals surface area contributed by atoms with Crippen LogP contribution in [0.25, 0.3) is 10.9 Å². The second kappa shape index (κ2) is 7.28. The lowest BCUT2D eigenvalue weighted by atomic mass is 10.1. The number of pyridine rings is 1. The number of nitrogens with one attached hydrogen (secondary N) is 1. The van der Waals surface area contributed by atoms with E-state index in [1.54, 1.807) is 6.07 Å². The van der Waals surface area contributed by atoms with Gasteiger partial charge in [0.2, 0.25) is 0 Å². The highest BCUT2D eigenvalue weighted by atomic mass is 16.3. The minimum Gasteiger partial charge on any atom is -0.506 e. The Bertz CT molecular complexity index is 1060. The van der Waals surface area contributed by atoms with Crippen LogP contribution in [0.15, 0.2) is 54.6 Å². The number of fused-ring (bicyclic) bond motifs is 1. The molecule has 2 heterocycles. The molecule has 1 amide bonds. The van der Waals surface area contributed by atoms with Crippen LogP contribution >= 0.6 is 0 Å². The molecular formula is C23H24N4O2. The number of benzene rings is 2. The van der Waals surface area contributed by atoms with Gasteiger partial charge >= 0.3 is 0 Å². The molecule has 29 heavy (non-hydrogen) atoms. The molecule has 6 nitrogen and oxygen atoms in total. The summed E-state index contributed by atoms with van der Waals surface area (Å²) in [5.41, 5.74) is 2.40. The third-order valence-electron chi connectivity index (χ3n) is 5.69. The summed E-state index contributed by atoms with van der Waals surface area (Å²) in [6.07, 6.45) is 2.13. The average molecular weight is 388 g/mol. The number of carbonyl (C=O) groups excluding carboxylic acids is 1. The van der Waals surface area contributed by atoms with Crippen LogP contribution in [0.5, 0.6) is 5.75 Å². The Labute approximate surface area is 169 Å². The minimum absolute atomic E-state index is 0.0137. The summed E-state index contributed by atoms with van der Waals surface area (Å²) in [6, 6.07) is 17.5. The molecule has 1 aliphatic heterocycles. The predicted molar refractivity (Wildman–Crippen MR) is 115 cm³/mol. The fourth-order valence-electron chi connectivity index (χ4n) is 3.91. The smallest absolute Gasteiger partial charge is 0.252 e. The lowest BCUT2D eigenvalue weighted by Crippen LogP contribution is -2.47. The molecule has 2 aromatic carbocycles. The Kier molecular flexibility index (Phi) is 4.46. The number of hydrogen-bond donors (Lipinski definition) is 2. The number of aromatic nitrogens is 1. The summed E-state index contributed by atoms with van der Waals surface area (Å²) < 4.78 is 0. The van der Waals surface area contributed by atoms with E-state index in [1.807, 2.05) is 48.5 Å². The van der Waals surface area contributed by atoms with Gasteiger partial charge in [0.1, 0.15) is 11.6 Å². The molecule has 0 unspecified atom stereocenters. The first kappa shape index (κ1) is 17.8. The molecule has 1 saturated heterocycles. The largest absolute Gasteiger partial charge is 0.506 e. The molecule has 1 aromatic heterocycles. The lowest BCUT2D eigenvalue weighted by Gasteiger charge is -2.37. The highest BCUT2D eigenvalue weighted by Crippen LogP contribution is 2.29. The van der Waals surface area contributed by atoms with Crippen LogP contribution in [0, 0.1) is 0 Å². The summed E-state index contributed by atoms with van der Waals surface area (Å²) >= 11 is 0. The van der Waals surface area contributed by atoms with Gasteiger partial charge in [0.15, 0.2) is 0 Å². The Morgan fingerprint density at radius 1 is 0.966 bits per heavy atom. The van der Waals surface area contributed by atoms with Gasteiger partial charge in [-0.1, -0.05) is 30.3 Å². The number of phenolic OH excluding ortho intramolecular Hbond substituents is 1. The van der Waals surface area contributed by atoms with Gasteiger partial charge in [-0.15, -0.1) is 0 Å². The summed E-state index contributed by atoms with van der Waals surface area (Å²) in [6.45, 7) is 3.14. The summed E-state index contributed by atoms with van der Waals surface area (Å²) in [4.78, 5) is 22.1. The molecule has 1 aliphatic carbocycles. The van der Waals surface area contributed by atoms with Crippen molar-refractivity contribution in [1.82, 2.24) is 10.3 Å². The van der Waals surface area contributed by atoms with Gasteiger partial charge < -0.3 is 20.2 Å². The van der Waals surface area contributed by atoms with Crippen LogP contribution in [-0.4, -0.2) is 48.2 Å². The lowest BCUT2D eigenvalue weighted by molar-refractivity contribution is 0.0952. The van der Waals surface area contributed by atoms with Crippen LogP contribution in [-0.2, 0) is 0 Å². The van der Waals surface area contributed by atoms with Crippen molar-refractivity contribution in [1.29, 1.82) is 0 Å². The SMILES string of the molecule is O=C(NC1CC1)c1cc(N2CCN(c3ccccc3O)CC2)nc2ccccc12. The molecule has 0 bridgehead atoms. The van der Waals surface area contributed by atoms with Crippen molar-refractivity contribution in [2.45, 2.75) is 18.9 Å². The molecule has 2 aliphatic rings. The van der Waals surface area contributed by atoms with E-state index in [-0.39, 0.29) is 5.91 Å². The van der Waals surface area contributed by atoms with Crippen LogP contribution in [0.1, 0.15) is 23.2 Å². The van der Waals surface area contributed by atoms with E-state index in [1.165, 1.54) is 0 Å². The van der Waals surface area contributed by atoms with Crippen molar-refractivity contribution in [3.63, 3.8) is 0 Å². The number of carbonyl (C=O) groups is 1. The van der Waals surface area contributed by atoms with Gasteiger partial charge in [-0.2, -0.15) is 0 Å². The van der Waals surface area contributed by atoms with Gasteiger partial charge in [0.05, 0.1) is 16.8 Å². The van der Waals surface area contributed by atoms with Crippen molar-refractivity contribution in [2.24, 2.45) is 0 Å². The fraction of sp³-hybridized carbons (Fsp3) is 0.304. The molecule has 0 radical (unpaired) electrons. The van der Waals surface area contributed by atoms with Crippen molar-refractivity contribution in [3.05, 3.63) is 60.2 Å². The Morgan fingerprint density at radius 2 is 1.66 bits per heavy atom. The molecule has 0 spiro atoms. The maximum atomic E-state index is 12.8. The molecule has 1 saturated carbocycles. The summed E-state index contributed by atoms with van der Waals surface area (Å²) in [5, 5.41) is 14.1. The first-order chi connectivity index (χ1) is 14.2. The summed E-state index contributed by atoms with van der Waals surface area (Å²) in [7, 11) is 0. The number of anilines is 2. The third-order valence-corrected chi connectivity index (χ3v) is 5.69. The standard InChI is InChI=1S/C23H24N4O2/c28-21-8-4-3-7-20(21)26-11-13-27(14-12-26)22-15-18(23(29)24-16-9-10-16)17-5-1-2-6-19(17)25-22/h1-8,15-16,28H,9-14H2,(H,24,29). The number of rotatable bonds is 4. The minimum atomic E-state index is -0.0137. The van der Waals surface area contributed by atoms with E-state index < -0.39 is 0 Å². The number of phenols is 1. The molecule has 0 atom stereocenters. The normalized spacial score (nSPS) is 16.8. The highest BCUT2D eigenvalue weighted by molar-refractivity contribution is 6.07. The highest BCUT2D eigenvalue weighted by Gasteiger charge is 2.26. The zero-order chi connectivity index (χ0) is 19.8. The second-order valence-electron chi connectivity index (χ2n) is 7.76. The number of aromatic hydroxyl groups is 1. The Hall–Kier alpha value is -3.28. The van der Waals surface area contributed by atoms with Gasteiger partial charge in [-0.05, 0) is 37.1 Å². The molecule has 5 rings (SSSR count). The third kappa shape index (κ3) is 3.58. The van der Waals surface area contributed by atoms with Crippen LogP contribution in [0.4, 0.5) is 11.5 Å². The maximum absolute atomic E-state index is 12.8. The van der Waals surface area contributed by atoms with E-state index in [0.29, 0.717) is 17.4 Å². The Balaban J connectivity index is 1.40. The van der Waals surface area contributed by atoms with E-state index in [0.717, 1.165) is 61.4 Å². The number of piperazine rings is 1. The molecule has 2 fully saturated rings. The van der Waals surface area contributed by atoms with Gasteiger partial charge in [-0.25, -0.2) is 4.98 Å². The van der Waals surface area contributed by atoms with E-state index in [2.05, 4.69) is 15.1 Å². The summed E-state index contributed by atoms with van der Waals surface area (Å²) in [5.74, 6) is 1.13.